The van der Waals surface area contributed by atoms with E-state index in [1.807, 2.05) is 24.4 Å². The van der Waals surface area contributed by atoms with Crippen LogP contribution in [0.1, 0.15) is 60.1 Å². The van der Waals surface area contributed by atoms with Gasteiger partial charge in [-0.05, 0) is 74.7 Å². The summed E-state index contributed by atoms with van der Waals surface area (Å²) in [6, 6.07) is 19.2. The van der Waals surface area contributed by atoms with Gasteiger partial charge in [0.2, 0.25) is 0 Å². The Morgan fingerprint density at radius 2 is 1.85 bits per heavy atom. The quantitative estimate of drug-likeness (QED) is 0.350. The number of fused-ring (bicyclic) bond motifs is 2. The number of rotatable bonds is 8. The van der Waals surface area contributed by atoms with Gasteiger partial charge in [-0.1, -0.05) is 24.3 Å². The van der Waals surface area contributed by atoms with Crippen molar-refractivity contribution < 1.29 is 9.84 Å². The number of aliphatic hydroxyl groups excluding tert-OH is 1. The molecule has 0 radical (unpaired) electrons. The number of aryl methyl sites for hydroxylation is 1. The summed E-state index contributed by atoms with van der Waals surface area (Å²) < 4.78 is 7.60. The number of ether oxygens (including phenoxy) is 1. The second-order valence-electron chi connectivity index (χ2n) is 11.1. The molecule has 6 rings (SSSR count). The van der Waals surface area contributed by atoms with Gasteiger partial charge in [0.25, 0.3) is 0 Å². The number of anilines is 1. The summed E-state index contributed by atoms with van der Waals surface area (Å²) in [6.07, 6.45) is 5.15. The molecule has 2 atom stereocenters. The Morgan fingerprint density at radius 3 is 2.60 bits per heavy atom. The predicted molar refractivity (Wildman–Crippen MR) is 158 cm³/mol. The van der Waals surface area contributed by atoms with Crippen LogP contribution in [-0.2, 0) is 19.6 Å². The van der Waals surface area contributed by atoms with Crippen molar-refractivity contribution in [3.05, 3.63) is 89.0 Å². The molecule has 0 unspecified atom stereocenters. The SMILES string of the molecule is COc1ccc([C@H](C)N(Cc2nc3cccc(N4CCN(C)CC4)n3c2CO)[C@H]2CCCc3cccnc32)cc1. The largest absolute Gasteiger partial charge is 0.497 e. The maximum absolute atomic E-state index is 10.7. The smallest absolute Gasteiger partial charge is 0.138 e. The number of nitrogens with zero attached hydrogens (tertiary/aromatic N) is 6. The lowest BCUT2D eigenvalue weighted by molar-refractivity contribution is 0.113. The average molecular weight is 541 g/mol. The van der Waals surface area contributed by atoms with Gasteiger partial charge in [-0.2, -0.15) is 0 Å². The molecule has 1 fully saturated rings. The zero-order chi connectivity index (χ0) is 27.6. The van der Waals surface area contributed by atoms with Crippen molar-refractivity contribution in [3.63, 3.8) is 0 Å². The molecule has 8 nitrogen and oxygen atoms in total. The van der Waals surface area contributed by atoms with E-state index in [4.69, 9.17) is 14.7 Å². The van der Waals surface area contributed by atoms with Crippen molar-refractivity contribution in [2.24, 2.45) is 0 Å². The lowest BCUT2D eigenvalue weighted by Gasteiger charge is -2.39. The topological polar surface area (TPSA) is 69.4 Å². The fourth-order valence-electron chi connectivity index (χ4n) is 6.42. The normalized spacial score (nSPS) is 18.7. The van der Waals surface area contributed by atoms with Crippen molar-refractivity contribution in [2.45, 2.75) is 51.4 Å². The van der Waals surface area contributed by atoms with Crippen molar-refractivity contribution in [3.8, 4) is 5.75 Å². The molecule has 210 valence electrons. The average Bonchev–Trinajstić information content (AvgIpc) is 3.37. The number of methoxy groups -OCH3 is 1. The minimum atomic E-state index is -0.0640. The van der Waals surface area contributed by atoms with Gasteiger partial charge >= 0.3 is 0 Å². The van der Waals surface area contributed by atoms with Crippen molar-refractivity contribution in [1.82, 2.24) is 24.2 Å². The van der Waals surface area contributed by atoms with Gasteiger partial charge in [-0.25, -0.2) is 4.98 Å². The monoisotopic (exact) mass is 540 g/mol. The second kappa shape index (κ2) is 11.6. The fourth-order valence-corrected chi connectivity index (χ4v) is 6.42. The number of aromatic nitrogens is 3. The Kier molecular flexibility index (Phi) is 7.74. The van der Waals surface area contributed by atoms with Gasteiger partial charge in [-0.15, -0.1) is 0 Å². The second-order valence-corrected chi connectivity index (χ2v) is 11.1. The molecule has 1 saturated heterocycles. The molecular weight excluding hydrogens is 500 g/mol. The minimum absolute atomic E-state index is 0.0640. The maximum atomic E-state index is 10.7. The van der Waals surface area contributed by atoms with Gasteiger partial charge in [0.1, 0.15) is 17.2 Å². The van der Waals surface area contributed by atoms with Crippen LogP contribution in [0.2, 0.25) is 0 Å². The van der Waals surface area contributed by atoms with E-state index in [2.05, 4.69) is 69.5 Å². The summed E-state index contributed by atoms with van der Waals surface area (Å²) in [5.74, 6) is 1.96. The standard InChI is InChI=1S/C32H40N6O2/c1-23(24-12-14-26(40-3)15-13-24)37(28-9-4-7-25-8-6-16-33-32(25)28)21-27-29(22-39)38-30(34-27)10-5-11-31(38)36-19-17-35(2)18-20-36/h5-6,8,10-16,23,28,39H,4,7,9,17-22H2,1-3H3/t23-,28-/m0/s1. The number of aliphatic hydroxyl groups is 1. The van der Waals surface area contributed by atoms with Crippen LogP contribution < -0.4 is 9.64 Å². The van der Waals surface area contributed by atoms with Crippen LogP contribution in [-0.4, -0.2) is 69.6 Å². The molecule has 0 bridgehead atoms. The van der Waals surface area contributed by atoms with E-state index in [9.17, 15) is 5.11 Å². The van der Waals surface area contributed by atoms with Gasteiger partial charge in [0.05, 0.1) is 36.8 Å². The Hall–Kier alpha value is -3.46. The third-order valence-corrected chi connectivity index (χ3v) is 8.77. The molecule has 0 amide bonds. The van der Waals surface area contributed by atoms with E-state index in [0.29, 0.717) is 6.54 Å². The van der Waals surface area contributed by atoms with Crippen LogP contribution in [0.5, 0.6) is 5.75 Å². The molecule has 8 heteroatoms. The summed E-state index contributed by atoms with van der Waals surface area (Å²) in [4.78, 5) is 17.3. The first kappa shape index (κ1) is 26.7. The van der Waals surface area contributed by atoms with Crippen LogP contribution in [0.4, 0.5) is 5.82 Å². The van der Waals surface area contributed by atoms with Crippen molar-refractivity contribution in [1.29, 1.82) is 0 Å². The molecule has 40 heavy (non-hydrogen) atoms. The number of imidazole rings is 1. The number of hydrogen-bond acceptors (Lipinski definition) is 7. The highest BCUT2D eigenvalue weighted by Crippen LogP contribution is 2.39. The Bertz CT molecular complexity index is 1440. The molecule has 1 N–H and O–H groups in total. The van der Waals surface area contributed by atoms with E-state index in [0.717, 1.165) is 74.0 Å². The van der Waals surface area contributed by atoms with Crippen molar-refractivity contribution >= 4 is 11.5 Å². The van der Waals surface area contributed by atoms with E-state index in [-0.39, 0.29) is 18.7 Å². The Balaban J connectivity index is 1.41. The van der Waals surface area contributed by atoms with Crippen LogP contribution in [0.3, 0.4) is 0 Å². The fraction of sp³-hybridized carbons (Fsp3) is 0.438. The van der Waals surface area contributed by atoms with Crippen LogP contribution in [0.25, 0.3) is 5.65 Å². The molecule has 4 heterocycles. The number of pyridine rings is 2. The molecule has 0 saturated carbocycles. The van der Waals surface area contributed by atoms with Gasteiger partial charge in [-0.3, -0.25) is 14.3 Å². The first-order valence-electron chi connectivity index (χ1n) is 14.4. The molecule has 4 aromatic rings. The van der Waals surface area contributed by atoms with Gasteiger partial charge in [0.15, 0.2) is 0 Å². The lowest BCUT2D eigenvalue weighted by atomic mass is 9.89. The Morgan fingerprint density at radius 1 is 1.05 bits per heavy atom. The van der Waals surface area contributed by atoms with Crippen LogP contribution >= 0.6 is 0 Å². The zero-order valence-corrected chi connectivity index (χ0v) is 23.8. The number of benzene rings is 1. The van der Waals surface area contributed by atoms with E-state index < -0.39 is 0 Å². The molecular formula is C32H40N6O2. The first-order valence-corrected chi connectivity index (χ1v) is 14.4. The lowest BCUT2D eigenvalue weighted by Crippen LogP contribution is -2.45. The minimum Gasteiger partial charge on any atom is -0.497 e. The number of likely N-dealkylation sites (N-methyl/N-ethyl adjacent to an activating group) is 1. The highest BCUT2D eigenvalue weighted by Gasteiger charge is 2.32. The molecule has 2 aliphatic rings. The maximum Gasteiger partial charge on any atom is 0.138 e. The van der Waals surface area contributed by atoms with Gasteiger partial charge in [0, 0.05) is 45.0 Å². The number of hydrogen-bond donors (Lipinski definition) is 1. The third-order valence-electron chi connectivity index (χ3n) is 8.77. The highest BCUT2D eigenvalue weighted by molar-refractivity contribution is 5.55. The van der Waals surface area contributed by atoms with Crippen molar-refractivity contribution in [2.75, 3.05) is 45.2 Å². The van der Waals surface area contributed by atoms with E-state index >= 15 is 0 Å². The molecule has 1 aliphatic heterocycles. The molecule has 0 spiro atoms. The molecule has 1 aliphatic carbocycles. The zero-order valence-electron chi connectivity index (χ0n) is 23.8. The summed E-state index contributed by atoms with van der Waals surface area (Å²) in [5, 5.41) is 10.7. The summed E-state index contributed by atoms with van der Waals surface area (Å²) in [5.41, 5.74) is 6.40. The first-order chi connectivity index (χ1) is 19.6. The van der Waals surface area contributed by atoms with Crippen LogP contribution in [0, 0.1) is 0 Å². The summed E-state index contributed by atoms with van der Waals surface area (Å²) in [6.45, 7) is 6.78. The molecule has 3 aromatic heterocycles. The van der Waals surface area contributed by atoms with Crippen LogP contribution in [0.15, 0.2) is 60.8 Å². The molecule has 1 aromatic carbocycles. The predicted octanol–water partition coefficient (Wildman–Crippen LogP) is 4.62. The van der Waals surface area contributed by atoms with E-state index in [1.54, 1.807) is 7.11 Å². The summed E-state index contributed by atoms with van der Waals surface area (Å²) in [7, 11) is 3.87. The number of piperazine rings is 1. The van der Waals surface area contributed by atoms with Gasteiger partial charge < -0.3 is 19.6 Å². The van der Waals surface area contributed by atoms with E-state index in [1.165, 1.54) is 16.8 Å². The third kappa shape index (κ3) is 5.07. The highest BCUT2D eigenvalue weighted by atomic mass is 16.5. The Labute approximate surface area is 236 Å². The summed E-state index contributed by atoms with van der Waals surface area (Å²) >= 11 is 0.